The summed E-state index contributed by atoms with van der Waals surface area (Å²) in [6.45, 7) is 0. The maximum atomic E-state index is 10.3. The van der Waals surface area contributed by atoms with Crippen molar-refractivity contribution in [3.63, 3.8) is 0 Å². The third-order valence-electron chi connectivity index (χ3n) is 4.64. The molecule has 2 unspecified atom stereocenters. The van der Waals surface area contributed by atoms with E-state index in [-0.39, 0.29) is 12.2 Å². The van der Waals surface area contributed by atoms with E-state index in [9.17, 15) is 5.11 Å². The standard InChI is InChI=1S/C21H20N2O2S/c1-25-16-8-6-14(7-9-16)18-12-19(17-4-2-3-5-20(17)24)23-21(22-18)15-10-11-26-13-15/h2-11,13,19,21,23-24H,12H2,1H3. The van der Waals surface area contributed by atoms with Crippen molar-refractivity contribution in [1.29, 1.82) is 0 Å². The summed E-state index contributed by atoms with van der Waals surface area (Å²) in [7, 11) is 1.66. The number of aromatic hydroxyl groups is 1. The monoisotopic (exact) mass is 364 g/mol. The van der Waals surface area contributed by atoms with Crippen LogP contribution in [0, 0.1) is 0 Å². The largest absolute Gasteiger partial charge is 0.508 e. The maximum Gasteiger partial charge on any atom is 0.127 e. The topological polar surface area (TPSA) is 53.8 Å². The first-order valence-electron chi connectivity index (χ1n) is 8.52. The lowest BCUT2D eigenvalue weighted by atomic mass is 9.94. The van der Waals surface area contributed by atoms with E-state index in [1.165, 1.54) is 0 Å². The van der Waals surface area contributed by atoms with Crippen LogP contribution in [0.3, 0.4) is 0 Å². The fraction of sp³-hybridized carbons (Fsp3) is 0.190. The Hall–Kier alpha value is -2.63. The lowest BCUT2D eigenvalue weighted by Gasteiger charge is -2.30. The summed E-state index contributed by atoms with van der Waals surface area (Å²) in [6.07, 6.45) is 0.585. The summed E-state index contributed by atoms with van der Waals surface area (Å²) in [5.74, 6) is 1.14. The van der Waals surface area contributed by atoms with Crippen LogP contribution in [0.4, 0.5) is 0 Å². The second-order valence-electron chi connectivity index (χ2n) is 6.25. The van der Waals surface area contributed by atoms with E-state index in [1.54, 1.807) is 24.5 Å². The third-order valence-corrected chi connectivity index (χ3v) is 5.34. The molecule has 0 saturated heterocycles. The molecule has 3 aromatic rings. The van der Waals surface area contributed by atoms with Gasteiger partial charge in [0, 0.05) is 29.3 Å². The average molecular weight is 364 g/mol. The Bertz CT molecular complexity index is 904. The van der Waals surface area contributed by atoms with Crippen LogP contribution in [0.2, 0.25) is 0 Å². The van der Waals surface area contributed by atoms with Crippen molar-refractivity contribution >= 4 is 17.0 Å². The second kappa shape index (κ2) is 7.32. The van der Waals surface area contributed by atoms with Gasteiger partial charge < -0.3 is 9.84 Å². The van der Waals surface area contributed by atoms with Crippen LogP contribution >= 0.6 is 11.3 Å². The Morgan fingerprint density at radius 1 is 1.12 bits per heavy atom. The normalized spacial score (nSPS) is 19.8. The van der Waals surface area contributed by atoms with Gasteiger partial charge >= 0.3 is 0 Å². The highest BCUT2D eigenvalue weighted by Gasteiger charge is 2.27. The molecule has 0 bridgehead atoms. The first-order valence-corrected chi connectivity index (χ1v) is 9.46. The van der Waals surface area contributed by atoms with Gasteiger partial charge in [0.25, 0.3) is 0 Å². The molecule has 0 saturated carbocycles. The van der Waals surface area contributed by atoms with Crippen molar-refractivity contribution < 1.29 is 9.84 Å². The first kappa shape index (κ1) is 16.8. The zero-order chi connectivity index (χ0) is 17.9. The third kappa shape index (κ3) is 3.36. The zero-order valence-corrected chi connectivity index (χ0v) is 15.2. The predicted molar refractivity (Wildman–Crippen MR) is 105 cm³/mol. The van der Waals surface area contributed by atoms with Gasteiger partial charge in [-0.2, -0.15) is 11.3 Å². The highest BCUT2D eigenvalue weighted by molar-refractivity contribution is 7.07. The molecule has 0 fully saturated rings. The molecule has 1 aromatic heterocycles. The second-order valence-corrected chi connectivity index (χ2v) is 7.03. The Kier molecular flexibility index (Phi) is 4.73. The van der Waals surface area contributed by atoms with Crippen LogP contribution in [0.5, 0.6) is 11.5 Å². The summed E-state index contributed by atoms with van der Waals surface area (Å²) >= 11 is 1.66. The van der Waals surface area contributed by atoms with Crippen LogP contribution in [0.1, 0.15) is 35.3 Å². The van der Waals surface area contributed by atoms with Gasteiger partial charge in [0.05, 0.1) is 7.11 Å². The van der Waals surface area contributed by atoms with E-state index < -0.39 is 0 Å². The number of para-hydroxylation sites is 1. The van der Waals surface area contributed by atoms with Crippen LogP contribution in [-0.4, -0.2) is 17.9 Å². The summed E-state index contributed by atoms with van der Waals surface area (Å²) in [5.41, 5.74) is 4.14. The number of hydrogen-bond donors (Lipinski definition) is 2. The Morgan fingerprint density at radius 2 is 1.92 bits per heavy atom. The Labute approximate surface area is 156 Å². The molecule has 1 aliphatic rings. The number of thiophene rings is 1. The molecule has 2 heterocycles. The minimum absolute atomic E-state index is 0.00398. The minimum Gasteiger partial charge on any atom is -0.508 e. The van der Waals surface area contributed by atoms with Crippen molar-refractivity contribution in [2.75, 3.05) is 7.11 Å². The van der Waals surface area contributed by atoms with Gasteiger partial charge in [-0.05, 0) is 52.7 Å². The van der Waals surface area contributed by atoms with E-state index in [0.29, 0.717) is 12.2 Å². The van der Waals surface area contributed by atoms with Crippen LogP contribution in [0.25, 0.3) is 0 Å². The van der Waals surface area contributed by atoms with Gasteiger partial charge in [0.1, 0.15) is 17.7 Å². The number of phenolic OH excluding ortho intramolecular Hbond substituents is 1. The molecule has 4 rings (SSSR count). The van der Waals surface area contributed by atoms with Gasteiger partial charge in [-0.3, -0.25) is 10.3 Å². The number of nitrogens with one attached hydrogen (secondary N) is 1. The molecule has 0 aliphatic carbocycles. The molecule has 2 N–H and O–H groups in total. The highest BCUT2D eigenvalue weighted by atomic mass is 32.1. The van der Waals surface area contributed by atoms with Gasteiger partial charge in [0.15, 0.2) is 0 Å². The van der Waals surface area contributed by atoms with Gasteiger partial charge in [0.2, 0.25) is 0 Å². The Morgan fingerprint density at radius 3 is 2.62 bits per heavy atom. The van der Waals surface area contributed by atoms with Crippen molar-refractivity contribution in [2.24, 2.45) is 4.99 Å². The van der Waals surface area contributed by atoms with Crippen LogP contribution < -0.4 is 10.1 Å². The van der Waals surface area contributed by atoms with Crippen molar-refractivity contribution in [2.45, 2.75) is 18.6 Å². The molecule has 4 nitrogen and oxygen atoms in total. The fourth-order valence-electron chi connectivity index (χ4n) is 3.25. The molecule has 1 aliphatic heterocycles. The number of benzene rings is 2. The van der Waals surface area contributed by atoms with Crippen molar-refractivity contribution in [1.82, 2.24) is 5.32 Å². The highest BCUT2D eigenvalue weighted by Crippen LogP contribution is 2.34. The molecule has 2 aromatic carbocycles. The van der Waals surface area contributed by atoms with E-state index >= 15 is 0 Å². The molecule has 0 radical (unpaired) electrons. The number of phenols is 1. The van der Waals surface area contributed by atoms with Crippen molar-refractivity contribution in [3.8, 4) is 11.5 Å². The van der Waals surface area contributed by atoms with Gasteiger partial charge in [-0.15, -0.1) is 0 Å². The summed E-state index contributed by atoms with van der Waals surface area (Å²) < 4.78 is 5.26. The number of aliphatic imine (C=N–C) groups is 1. The fourth-order valence-corrected chi connectivity index (χ4v) is 3.93. The average Bonchev–Trinajstić information content (AvgIpc) is 3.23. The molecule has 2 atom stereocenters. The smallest absolute Gasteiger partial charge is 0.127 e. The lowest BCUT2D eigenvalue weighted by molar-refractivity contribution is 0.412. The summed E-state index contributed by atoms with van der Waals surface area (Å²) in [4.78, 5) is 4.95. The van der Waals surface area contributed by atoms with E-state index in [0.717, 1.165) is 28.2 Å². The molecule has 26 heavy (non-hydrogen) atoms. The summed E-state index contributed by atoms with van der Waals surface area (Å²) in [5, 5.41) is 18.0. The zero-order valence-electron chi connectivity index (χ0n) is 14.4. The number of hydrogen-bond acceptors (Lipinski definition) is 5. The molecule has 0 spiro atoms. The molecule has 132 valence electrons. The number of nitrogens with zero attached hydrogens (tertiary/aromatic N) is 1. The molecular formula is C21H20N2O2S. The van der Waals surface area contributed by atoms with E-state index in [1.807, 2.05) is 42.5 Å². The SMILES string of the molecule is COc1ccc(C2=NC(c3ccsc3)NC(c3ccccc3O)C2)cc1. The molecular weight excluding hydrogens is 344 g/mol. The number of ether oxygens (including phenoxy) is 1. The molecule has 5 heteroatoms. The van der Waals surface area contributed by atoms with Gasteiger partial charge in [-0.1, -0.05) is 18.2 Å². The number of rotatable bonds is 4. The summed E-state index contributed by atoms with van der Waals surface area (Å²) in [6, 6.07) is 17.6. The Balaban J connectivity index is 1.72. The van der Waals surface area contributed by atoms with Crippen molar-refractivity contribution in [3.05, 3.63) is 82.0 Å². The predicted octanol–water partition coefficient (Wildman–Crippen LogP) is 4.68. The lowest BCUT2D eigenvalue weighted by Crippen LogP contribution is -2.32. The number of methoxy groups -OCH3 is 1. The minimum atomic E-state index is -0.128. The van der Waals surface area contributed by atoms with Gasteiger partial charge in [-0.25, -0.2) is 0 Å². The quantitative estimate of drug-likeness (QED) is 0.706. The molecule has 0 amide bonds. The van der Waals surface area contributed by atoms with E-state index in [2.05, 4.69) is 22.1 Å². The maximum absolute atomic E-state index is 10.3. The van der Waals surface area contributed by atoms with Crippen LogP contribution in [0.15, 0.2) is 70.3 Å². The first-order chi connectivity index (χ1) is 12.7. The van der Waals surface area contributed by atoms with E-state index in [4.69, 9.17) is 9.73 Å². The van der Waals surface area contributed by atoms with Crippen LogP contribution in [-0.2, 0) is 0 Å².